The number of aryl methyl sites for hydroxylation is 2. The molecule has 1 fully saturated rings. The van der Waals surface area contributed by atoms with E-state index in [1.54, 1.807) is 12.4 Å². The highest BCUT2D eigenvalue weighted by Gasteiger charge is 2.36. The maximum absolute atomic E-state index is 13.2. The summed E-state index contributed by atoms with van der Waals surface area (Å²) in [6, 6.07) is 9.59. The maximum Gasteiger partial charge on any atom is 0.407 e. The van der Waals surface area contributed by atoms with Gasteiger partial charge < -0.3 is 30.2 Å². The van der Waals surface area contributed by atoms with Crippen molar-refractivity contribution in [2.45, 2.75) is 96.3 Å². The fourth-order valence-corrected chi connectivity index (χ4v) is 9.43. The number of alkyl carbamates (subject to hydrolysis) is 1. The number of carbonyl (C=O) groups is 3. The minimum atomic E-state index is -4.89. The summed E-state index contributed by atoms with van der Waals surface area (Å²) in [5, 5.41) is 19.1. The van der Waals surface area contributed by atoms with Crippen LogP contribution >= 0.6 is 22.6 Å². The van der Waals surface area contributed by atoms with Gasteiger partial charge in [-0.25, -0.2) is 4.79 Å². The van der Waals surface area contributed by atoms with E-state index in [1.165, 1.54) is 11.1 Å². The molecule has 346 valence electrons. The lowest BCUT2D eigenvalue weighted by Gasteiger charge is -2.32. The standard InChI is InChI=1S/C44H58IN9O9S/c1-28-32-10-7-17-44(3,18-16-33(32)29(2)52-51-28)42(56)48-21-23-62-25-24-61-22-20-47-41(55)38(64(58,59)60)27-50-43(57)63-31-8-6-9-34-35(14-13-31)40(36-11-4-5-19-46-36)54-53-39(34)37-15-12-30(45)26-49-37/h4-5,11-12,15,19,26,31,35,38,53H,6-10,13-14,16-18,20-25,27H2,1-3H3,(H,47,55)(H,48,56)(H,50,57)(H,58,59,60)/t31?,35?,38?,44-/m0/s1/i45-2. The highest BCUT2D eigenvalue weighted by molar-refractivity contribution is 14.1. The summed E-state index contributed by atoms with van der Waals surface area (Å²) < 4.78 is 52.1. The van der Waals surface area contributed by atoms with Crippen LogP contribution in [-0.2, 0) is 46.8 Å². The van der Waals surface area contributed by atoms with Crippen LogP contribution in [0.4, 0.5) is 4.79 Å². The van der Waals surface area contributed by atoms with Crippen LogP contribution in [0.25, 0.3) is 5.70 Å². The van der Waals surface area contributed by atoms with Crippen LogP contribution in [0.1, 0.15) is 92.2 Å². The van der Waals surface area contributed by atoms with Crippen LogP contribution in [0.5, 0.6) is 0 Å². The second-order valence-electron chi connectivity index (χ2n) is 16.5. The van der Waals surface area contributed by atoms with Crippen molar-refractivity contribution in [3.05, 3.63) is 85.8 Å². The van der Waals surface area contributed by atoms with Gasteiger partial charge in [0.2, 0.25) is 11.8 Å². The lowest BCUT2D eigenvalue weighted by molar-refractivity contribution is -0.131. The number of rotatable bonds is 17. The first-order valence-electron chi connectivity index (χ1n) is 21.8. The van der Waals surface area contributed by atoms with E-state index in [-0.39, 0.29) is 44.8 Å². The molecule has 3 aliphatic rings. The number of allylic oxidation sites excluding steroid dienone is 1. The molecule has 18 nitrogen and oxygen atoms in total. The van der Waals surface area contributed by atoms with Crippen molar-refractivity contribution in [1.29, 1.82) is 0 Å². The van der Waals surface area contributed by atoms with E-state index < -0.39 is 45.4 Å². The zero-order valence-corrected chi connectivity index (χ0v) is 39.5. The van der Waals surface area contributed by atoms with Crippen molar-refractivity contribution in [2.24, 2.45) is 16.4 Å². The van der Waals surface area contributed by atoms with E-state index in [0.29, 0.717) is 38.6 Å². The third-order valence-corrected chi connectivity index (χ3v) is 13.8. The predicted molar refractivity (Wildman–Crippen MR) is 246 cm³/mol. The van der Waals surface area contributed by atoms with Crippen molar-refractivity contribution in [3.8, 4) is 0 Å². The molecule has 3 unspecified atom stereocenters. The molecule has 2 aliphatic carbocycles. The number of hydrogen-bond donors (Lipinski definition) is 5. The number of pyridine rings is 2. The lowest BCUT2D eigenvalue weighted by atomic mass is 9.75. The number of ether oxygens (including phenoxy) is 3. The van der Waals surface area contributed by atoms with Gasteiger partial charge in [0, 0.05) is 46.9 Å². The first kappa shape index (κ1) is 48.8. The normalized spacial score (nSPS) is 20.7. The van der Waals surface area contributed by atoms with Crippen molar-refractivity contribution >= 4 is 62.0 Å². The Morgan fingerprint density at radius 3 is 2.30 bits per heavy atom. The Balaban J connectivity index is 0.884. The number of halogens is 1. The molecule has 0 spiro atoms. The van der Waals surface area contributed by atoms with Gasteiger partial charge in [-0.05, 0) is 142 Å². The fourth-order valence-electron chi connectivity index (χ4n) is 8.46. The Kier molecular flexibility index (Phi) is 17.5. The van der Waals surface area contributed by atoms with Crippen LogP contribution in [0, 0.1) is 28.8 Å². The topological polar surface area (TPSA) is 245 Å². The molecule has 20 heteroatoms. The number of nitrogens with one attached hydrogen (secondary N) is 4. The van der Waals surface area contributed by atoms with Gasteiger partial charge in [-0.1, -0.05) is 13.0 Å². The largest absolute Gasteiger partial charge is 0.446 e. The molecule has 3 aromatic heterocycles. The van der Waals surface area contributed by atoms with Gasteiger partial charge in [-0.15, -0.1) is 0 Å². The fraction of sp³-hybridized carbons (Fsp3) is 0.545. The quantitative estimate of drug-likeness (QED) is 0.0716. The molecule has 5 N–H and O–H groups in total. The molecular formula is C44H58IN9O9S. The van der Waals surface area contributed by atoms with Gasteiger partial charge in [0.15, 0.2) is 5.25 Å². The summed E-state index contributed by atoms with van der Waals surface area (Å²) in [6.45, 7) is 6.31. The minimum Gasteiger partial charge on any atom is -0.446 e. The molecule has 4 atom stereocenters. The SMILES string of the molecule is Cc1nnc(C)c2c1CCC[C@](C)(C(=O)NCCOCCOCCNC(=O)C(CNC(=O)OC1CCCC3=C(c4ccc([125I])cn4)NN=C(c4ccccn4)C3CC1)S(=O)(=O)O)CC2. The molecule has 0 radical (unpaired) electrons. The third-order valence-electron chi connectivity index (χ3n) is 12.0. The van der Waals surface area contributed by atoms with Crippen LogP contribution in [0.3, 0.4) is 0 Å². The zero-order chi connectivity index (χ0) is 45.7. The second-order valence-corrected chi connectivity index (χ2v) is 19.4. The molecule has 4 heterocycles. The number of aromatic nitrogens is 4. The molecular weight excluding hydrogens is 956 g/mol. The van der Waals surface area contributed by atoms with Crippen LogP contribution in [0.15, 0.2) is 53.4 Å². The molecule has 0 saturated heterocycles. The van der Waals surface area contributed by atoms with Gasteiger partial charge >= 0.3 is 6.09 Å². The summed E-state index contributed by atoms with van der Waals surface area (Å²) in [5.74, 6) is -1.13. The third kappa shape index (κ3) is 13.2. The summed E-state index contributed by atoms with van der Waals surface area (Å²) >= 11 is 2.21. The Hall–Kier alpha value is -4.64. The number of hydrogen-bond acceptors (Lipinski definition) is 14. The zero-order valence-electron chi connectivity index (χ0n) is 36.5. The monoisotopic (exact) mass is 1010 g/mol. The molecule has 0 bridgehead atoms. The average Bonchev–Trinajstić information content (AvgIpc) is 3.25. The smallest absolute Gasteiger partial charge is 0.407 e. The minimum absolute atomic E-state index is 0.000374. The van der Waals surface area contributed by atoms with Gasteiger partial charge in [-0.2, -0.15) is 23.7 Å². The molecule has 6 rings (SSSR count). The molecule has 64 heavy (non-hydrogen) atoms. The Morgan fingerprint density at radius 2 is 1.61 bits per heavy atom. The second kappa shape index (κ2) is 23.0. The average molecular weight is 1010 g/mol. The van der Waals surface area contributed by atoms with Crippen LogP contribution in [0.2, 0.25) is 0 Å². The van der Waals surface area contributed by atoms with E-state index in [0.717, 1.165) is 75.4 Å². The highest BCUT2D eigenvalue weighted by atomic mass is 125. The van der Waals surface area contributed by atoms with E-state index >= 15 is 0 Å². The van der Waals surface area contributed by atoms with E-state index in [2.05, 4.69) is 64.1 Å². The van der Waals surface area contributed by atoms with Crippen molar-refractivity contribution in [3.63, 3.8) is 0 Å². The van der Waals surface area contributed by atoms with Gasteiger partial charge in [0.25, 0.3) is 10.1 Å². The summed E-state index contributed by atoms with van der Waals surface area (Å²) in [7, 11) is -4.89. The number of amides is 3. The van der Waals surface area contributed by atoms with Crippen LogP contribution in [-0.4, -0.2) is 114 Å². The number of hydrazone groups is 1. The van der Waals surface area contributed by atoms with Gasteiger partial charge in [0.05, 0.1) is 60.6 Å². The highest BCUT2D eigenvalue weighted by Crippen LogP contribution is 2.38. The van der Waals surface area contributed by atoms with E-state index in [9.17, 15) is 27.4 Å². The van der Waals surface area contributed by atoms with Crippen LogP contribution < -0.4 is 21.4 Å². The first-order valence-corrected chi connectivity index (χ1v) is 24.4. The molecule has 3 aromatic rings. The summed E-state index contributed by atoms with van der Waals surface area (Å²) in [6.07, 6.45) is 9.14. The summed E-state index contributed by atoms with van der Waals surface area (Å²) in [4.78, 5) is 48.1. The molecule has 3 amide bonds. The number of nitrogens with zero attached hydrogens (tertiary/aromatic N) is 5. The maximum atomic E-state index is 13.2. The van der Waals surface area contributed by atoms with Crippen molar-refractivity contribution < 1.29 is 41.6 Å². The molecule has 1 aliphatic heterocycles. The first-order chi connectivity index (χ1) is 30.7. The van der Waals surface area contributed by atoms with Gasteiger partial charge in [-0.3, -0.25) is 29.5 Å². The van der Waals surface area contributed by atoms with E-state index in [1.807, 2.05) is 51.1 Å². The predicted octanol–water partition coefficient (Wildman–Crippen LogP) is 4.38. The Bertz CT molecular complexity index is 2280. The Morgan fingerprint density at radius 1 is 0.875 bits per heavy atom. The summed E-state index contributed by atoms with van der Waals surface area (Å²) in [5.41, 5.74) is 11.4. The molecule has 1 saturated carbocycles. The lowest BCUT2D eigenvalue weighted by Crippen LogP contribution is -2.48. The van der Waals surface area contributed by atoms with Crippen molar-refractivity contribution in [1.82, 2.24) is 41.5 Å². The Labute approximate surface area is 387 Å². The van der Waals surface area contributed by atoms with Crippen molar-refractivity contribution in [2.75, 3.05) is 46.1 Å². The number of carbonyl (C=O) groups excluding carboxylic acids is 3. The van der Waals surface area contributed by atoms with E-state index in [4.69, 9.17) is 19.3 Å². The molecule has 0 aromatic carbocycles. The van der Waals surface area contributed by atoms with Gasteiger partial charge in [0.1, 0.15) is 6.10 Å². The number of fused-ring (bicyclic) bond motifs is 2.